The highest BCUT2D eigenvalue weighted by atomic mass is 19.2. The topological polar surface area (TPSA) is 67.6 Å². The molecule has 6 nitrogen and oxygen atoms in total. The van der Waals surface area contributed by atoms with Gasteiger partial charge in [0, 0.05) is 13.1 Å². The van der Waals surface area contributed by atoms with E-state index in [0.29, 0.717) is 6.54 Å². The van der Waals surface area contributed by atoms with E-state index in [-0.39, 0.29) is 12.1 Å². The van der Waals surface area contributed by atoms with Crippen molar-refractivity contribution in [2.24, 2.45) is 0 Å². The van der Waals surface area contributed by atoms with Crippen LogP contribution >= 0.6 is 0 Å². The molecule has 0 saturated carbocycles. The Morgan fingerprint density at radius 1 is 1.27 bits per heavy atom. The molecule has 144 valence electrons. The van der Waals surface area contributed by atoms with E-state index in [4.69, 9.17) is 4.74 Å². The molecule has 1 heterocycles. The number of rotatable bonds is 5. The Kier molecular flexibility index (Phi) is 5.80. The smallest absolute Gasteiger partial charge is 0.408 e. The van der Waals surface area contributed by atoms with Crippen LogP contribution in [0.2, 0.25) is 0 Å². The van der Waals surface area contributed by atoms with E-state index in [0.717, 1.165) is 12.1 Å². The number of esters is 1. The van der Waals surface area contributed by atoms with E-state index in [2.05, 4.69) is 10.1 Å². The summed E-state index contributed by atoms with van der Waals surface area (Å²) in [5.74, 6) is -4.78. The molecule has 1 N–H and O–H groups in total. The number of alkyl carbamates (subject to hydrolysis) is 1. The van der Waals surface area contributed by atoms with Gasteiger partial charge >= 0.3 is 12.1 Å². The number of hydrogen-bond donors (Lipinski definition) is 1. The van der Waals surface area contributed by atoms with E-state index in [9.17, 15) is 22.8 Å². The van der Waals surface area contributed by atoms with E-state index < -0.39 is 47.2 Å². The van der Waals surface area contributed by atoms with Crippen molar-refractivity contribution < 1.29 is 32.2 Å². The van der Waals surface area contributed by atoms with Crippen molar-refractivity contribution >= 4 is 12.1 Å². The molecule has 3 atom stereocenters. The molecule has 0 aliphatic carbocycles. The fourth-order valence-corrected chi connectivity index (χ4v) is 2.43. The number of carbonyl (C=O) groups is 2. The van der Waals surface area contributed by atoms with E-state index in [1.807, 2.05) is 0 Å². The first kappa shape index (κ1) is 20.0. The second-order valence-corrected chi connectivity index (χ2v) is 6.99. The Bertz CT molecular complexity index is 683. The van der Waals surface area contributed by atoms with E-state index in [1.54, 1.807) is 25.7 Å². The normalized spacial score (nSPS) is 20.3. The number of methoxy groups -OCH3 is 1. The zero-order valence-electron chi connectivity index (χ0n) is 14.9. The van der Waals surface area contributed by atoms with Crippen LogP contribution in [0.15, 0.2) is 12.1 Å². The van der Waals surface area contributed by atoms with Crippen LogP contribution in [0.5, 0.6) is 0 Å². The molecule has 1 amide bonds. The van der Waals surface area contributed by atoms with Gasteiger partial charge in [0.2, 0.25) is 0 Å². The summed E-state index contributed by atoms with van der Waals surface area (Å²) in [6.07, 6.45) is -0.802. The number of carbonyl (C=O) groups excluding carboxylic acids is 2. The van der Waals surface area contributed by atoms with Gasteiger partial charge in [-0.05, 0) is 38.5 Å². The molecule has 1 aliphatic heterocycles. The Hall–Kier alpha value is -2.29. The highest BCUT2D eigenvalue weighted by Crippen LogP contribution is 2.26. The first-order chi connectivity index (χ1) is 12.0. The maximum Gasteiger partial charge on any atom is 0.408 e. The molecule has 0 spiro atoms. The molecule has 2 rings (SSSR count). The first-order valence-corrected chi connectivity index (χ1v) is 7.97. The SMILES string of the molecule is COC(=O)C1CN1CC(NC(=O)OC(C)(C)C)c1cc(F)c(F)c(F)c1. The minimum absolute atomic E-state index is 0.0165. The van der Waals surface area contributed by atoms with E-state index in [1.165, 1.54) is 7.11 Å². The third kappa shape index (κ3) is 5.10. The second kappa shape index (κ2) is 7.53. The third-order valence-electron chi connectivity index (χ3n) is 3.70. The molecule has 1 aromatic rings. The molecule has 0 aromatic heterocycles. The van der Waals surface area contributed by atoms with Gasteiger partial charge in [0.05, 0.1) is 13.2 Å². The molecular weight excluding hydrogens is 353 g/mol. The van der Waals surface area contributed by atoms with Crippen molar-refractivity contribution in [3.05, 3.63) is 35.1 Å². The standard InChI is InChI=1S/C17H21F3N2O4/c1-17(2,3)26-16(24)21-12(7-22-8-13(22)15(23)25-4)9-5-10(18)14(20)11(19)6-9/h5-6,12-13H,7-8H2,1-4H3,(H,21,24). The highest BCUT2D eigenvalue weighted by molar-refractivity contribution is 5.79. The molecular formula is C17H21F3N2O4. The molecule has 0 bridgehead atoms. The van der Waals surface area contributed by atoms with Gasteiger partial charge in [-0.3, -0.25) is 9.69 Å². The number of nitrogens with one attached hydrogen (secondary N) is 1. The summed E-state index contributed by atoms with van der Waals surface area (Å²) in [7, 11) is 1.25. The summed E-state index contributed by atoms with van der Waals surface area (Å²) in [5, 5.41) is 2.50. The Balaban J connectivity index is 2.19. The van der Waals surface area contributed by atoms with Crippen molar-refractivity contribution in [2.75, 3.05) is 20.2 Å². The van der Waals surface area contributed by atoms with Crippen molar-refractivity contribution in [3.63, 3.8) is 0 Å². The maximum absolute atomic E-state index is 13.6. The summed E-state index contributed by atoms with van der Waals surface area (Å²) >= 11 is 0. The van der Waals surface area contributed by atoms with Gasteiger partial charge in [0.15, 0.2) is 17.5 Å². The van der Waals surface area contributed by atoms with Crippen LogP contribution in [-0.2, 0) is 14.3 Å². The zero-order valence-corrected chi connectivity index (χ0v) is 14.9. The van der Waals surface area contributed by atoms with Crippen molar-refractivity contribution in [1.29, 1.82) is 0 Å². The monoisotopic (exact) mass is 374 g/mol. The van der Waals surface area contributed by atoms with Crippen LogP contribution < -0.4 is 5.32 Å². The number of halogens is 3. The van der Waals surface area contributed by atoms with Gasteiger partial charge in [-0.1, -0.05) is 0 Å². The lowest BCUT2D eigenvalue weighted by Gasteiger charge is -2.24. The molecule has 3 unspecified atom stereocenters. The molecule has 1 saturated heterocycles. The van der Waals surface area contributed by atoms with Gasteiger partial charge in [-0.2, -0.15) is 0 Å². The maximum atomic E-state index is 13.6. The van der Waals surface area contributed by atoms with Crippen LogP contribution in [-0.4, -0.2) is 48.8 Å². The van der Waals surface area contributed by atoms with Gasteiger partial charge < -0.3 is 14.8 Å². The summed E-state index contributed by atoms with van der Waals surface area (Å²) in [6.45, 7) is 5.44. The molecule has 26 heavy (non-hydrogen) atoms. The van der Waals surface area contributed by atoms with Crippen molar-refractivity contribution in [2.45, 2.75) is 38.5 Å². The molecule has 0 radical (unpaired) electrons. The Labute approximate surface area is 149 Å². The lowest BCUT2D eigenvalue weighted by Crippen LogP contribution is -2.38. The molecule has 1 aromatic carbocycles. The first-order valence-electron chi connectivity index (χ1n) is 7.97. The summed E-state index contributed by atoms with van der Waals surface area (Å²) in [5.41, 5.74) is -0.759. The summed E-state index contributed by atoms with van der Waals surface area (Å²) in [6, 6.07) is 0.205. The summed E-state index contributed by atoms with van der Waals surface area (Å²) < 4.78 is 50.1. The van der Waals surface area contributed by atoms with Crippen LogP contribution in [0.25, 0.3) is 0 Å². The van der Waals surface area contributed by atoms with Gasteiger partial charge in [0.1, 0.15) is 11.6 Å². The number of ether oxygens (including phenoxy) is 2. The van der Waals surface area contributed by atoms with Crippen LogP contribution in [0, 0.1) is 17.5 Å². The minimum Gasteiger partial charge on any atom is -0.468 e. The van der Waals surface area contributed by atoms with Gasteiger partial charge in [-0.15, -0.1) is 0 Å². The van der Waals surface area contributed by atoms with Crippen LogP contribution in [0.4, 0.5) is 18.0 Å². The second-order valence-electron chi connectivity index (χ2n) is 6.99. The Morgan fingerprint density at radius 3 is 2.35 bits per heavy atom. The predicted octanol–water partition coefficient (Wildman–Crippen LogP) is 2.53. The number of amides is 1. The average Bonchev–Trinajstić information content (AvgIpc) is 3.28. The quantitative estimate of drug-likeness (QED) is 0.487. The minimum atomic E-state index is -1.59. The van der Waals surface area contributed by atoms with Crippen molar-refractivity contribution in [1.82, 2.24) is 10.2 Å². The fourth-order valence-electron chi connectivity index (χ4n) is 2.43. The predicted molar refractivity (Wildman–Crippen MR) is 85.8 cm³/mol. The van der Waals surface area contributed by atoms with Gasteiger partial charge in [-0.25, -0.2) is 18.0 Å². The average molecular weight is 374 g/mol. The van der Waals surface area contributed by atoms with E-state index >= 15 is 0 Å². The third-order valence-corrected chi connectivity index (χ3v) is 3.70. The largest absolute Gasteiger partial charge is 0.468 e. The highest BCUT2D eigenvalue weighted by Gasteiger charge is 2.43. The van der Waals surface area contributed by atoms with Crippen LogP contribution in [0.1, 0.15) is 32.4 Å². The summed E-state index contributed by atoms with van der Waals surface area (Å²) in [4.78, 5) is 25.2. The number of nitrogens with zero attached hydrogens (tertiary/aromatic N) is 1. The number of hydrogen-bond acceptors (Lipinski definition) is 5. The van der Waals surface area contributed by atoms with Gasteiger partial charge in [0.25, 0.3) is 0 Å². The Morgan fingerprint density at radius 2 is 1.85 bits per heavy atom. The number of benzene rings is 1. The zero-order chi connectivity index (χ0) is 19.6. The lowest BCUT2D eigenvalue weighted by atomic mass is 10.1. The van der Waals surface area contributed by atoms with Crippen molar-refractivity contribution in [3.8, 4) is 0 Å². The fraction of sp³-hybridized carbons (Fsp3) is 0.529. The van der Waals surface area contributed by atoms with Crippen LogP contribution in [0.3, 0.4) is 0 Å². The molecule has 1 aliphatic rings. The molecule has 9 heteroatoms. The lowest BCUT2D eigenvalue weighted by molar-refractivity contribution is -0.140. The molecule has 1 fully saturated rings.